The van der Waals surface area contributed by atoms with Gasteiger partial charge in [0.2, 0.25) is 0 Å². The number of piperidine rings is 1. The van der Waals surface area contributed by atoms with Crippen LogP contribution in [0.15, 0.2) is 29.2 Å². The van der Waals surface area contributed by atoms with Gasteiger partial charge >= 0.3 is 0 Å². The second-order valence-corrected chi connectivity index (χ2v) is 7.16. The second-order valence-electron chi connectivity index (χ2n) is 6.10. The van der Waals surface area contributed by atoms with Crippen LogP contribution in [0.5, 0.6) is 0 Å². The highest BCUT2D eigenvalue weighted by molar-refractivity contribution is 7.99. The number of likely N-dealkylation sites (tertiary alicyclic amines) is 1. The van der Waals surface area contributed by atoms with E-state index in [1.165, 1.54) is 42.0 Å². The predicted molar refractivity (Wildman–Crippen MR) is 84.4 cm³/mol. The quantitative estimate of drug-likeness (QED) is 0.843. The highest BCUT2D eigenvalue weighted by Crippen LogP contribution is 2.40. The smallest absolute Gasteiger partial charge is 0.131 e. The molecule has 0 spiro atoms. The molecule has 1 fully saturated rings. The maximum absolute atomic E-state index is 11.5. The minimum atomic E-state index is 0.336. The largest absolute Gasteiger partial charge is 0.300 e. The molecule has 0 N–H and O–H groups in total. The first-order chi connectivity index (χ1) is 9.74. The summed E-state index contributed by atoms with van der Waals surface area (Å²) in [6, 6.07) is 9.29. The Labute approximate surface area is 125 Å². The molecule has 1 saturated heterocycles. The number of Topliss-reactive ketones (excluding diaryl/α,β-unsaturated/α-hetero) is 1. The van der Waals surface area contributed by atoms with Crippen LogP contribution in [0, 0.1) is 0 Å². The molecule has 0 saturated carbocycles. The van der Waals surface area contributed by atoms with E-state index in [-0.39, 0.29) is 0 Å². The van der Waals surface area contributed by atoms with Crippen LogP contribution in [0.25, 0.3) is 0 Å². The zero-order valence-corrected chi connectivity index (χ0v) is 13.0. The molecule has 108 valence electrons. The Morgan fingerprint density at radius 2 is 2.20 bits per heavy atom. The zero-order valence-electron chi connectivity index (χ0n) is 12.2. The highest BCUT2D eigenvalue weighted by Gasteiger charge is 2.29. The molecular weight excluding hydrogens is 266 g/mol. The Morgan fingerprint density at radius 1 is 1.35 bits per heavy atom. The van der Waals surface area contributed by atoms with Gasteiger partial charge in [-0.3, -0.25) is 9.69 Å². The predicted octanol–water partition coefficient (Wildman–Crippen LogP) is 3.71. The standard InChI is InChI=1S/C17H23NOS/c1-13(19)10-15-6-4-5-9-18(15)11-14-12-20-17-8-3-2-7-16(14)17/h2-3,7-8,14-15H,4-6,9-12H2,1H3. The van der Waals surface area contributed by atoms with Gasteiger partial charge in [0.25, 0.3) is 0 Å². The molecule has 2 nitrogen and oxygen atoms in total. The monoisotopic (exact) mass is 289 g/mol. The number of fused-ring (bicyclic) bond motifs is 1. The number of hydrogen-bond acceptors (Lipinski definition) is 3. The minimum absolute atomic E-state index is 0.336. The summed E-state index contributed by atoms with van der Waals surface area (Å²) in [5.41, 5.74) is 1.52. The molecule has 0 bridgehead atoms. The van der Waals surface area contributed by atoms with Gasteiger partial charge in [0.05, 0.1) is 0 Å². The van der Waals surface area contributed by atoms with Gasteiger partial charge in [-0.2, -0.15) is 0 Å². The van der Waals surface area contributed by atoms with Crippen molar-refractivity contribution in [2.45, 2.75) is 49.5 Å². The lowest BCUT2D eigenvalue weighted by molar-refractivity contribution is -0.118. The summed E-state index contributed by atoms with van der Waals surface area (Å²) in [5.74, 6) is 2.18. The highest BCUT2D eigenvalue weighted by atomic mass is 32.2. The van der Waals surface area contributed by atoms with Crippen molar-refractivity contribution in [3.63, 3.8) is 0 Å². The first-order valence-corrected chi connectivity index (χ1v) is 8.68. The SMILES string of the molecule is CC(=O)CC1CCCCN1CC1CSc2ccccc21. The van der Waals surface area contributed by atoms with E-state index < -0.39 is 0 Å². The maximum atomic E-state index is 11.5. The third-order valence-corrected chi connectivity index (χ3v) is 5.78. The molecule has 2 aliphatic rings. The number of hydrogen-bond donors (Lipinski definition) is 0. The normalized spacial score (nSPS) is 26.4. The molecule has 0 radical (unpaired) electrons. The Kier molecular flexibility index (Phi) is 4.47. The van der Waals surface area contributed by atoms with Crippen LogP contribution in [-0.4, -0.2) is 35.6 Å². The second kappa shape index (κ2) is 6.31. The van der Waals surface area contributed by atoms with E-state index in [1.54, 1.807) is 6.92 Å². The molecule has 1 aromatic rings. The maximum Gasteiger partial charge on any atom is 0.131 e. The first-order valence-electron chi connectivity index (χ1n) is 7.69. The molecule has 20 heavy (non-hydrogen) atoms. The summed E-state index contributed by atoms with van der Waals surface area (Å²) in [7, 11) is 0. The molecule has 0 aliphatic carbocycles. The van der Waals surface area contributed by atoms with Crippen LogP contribution in [0.2, 0.25) is 0 Å². The van der Waals surface area contributed by atoms with E-state index in [2.05, 4.69) is 29.2 Å². The third-order valence-electron chi connectivity index (χ3n) is 4.53. The lowest BCUT2D eigenvalue weighted by Crippen LogP contribution is -2.42. The van der Waals surface area contributed by atoms with Crippen molar-refractivity contribution in [1.29, 1.82) is 0 Å². The molecule has 3 rings (SSSR count). The fraction of sp³-hybridized carbons (Fsp3) is 0.588. The van der Waals surface area contributed by atoms with Gasteiger partial charge in [-0.25, -0.2) is 0 Å². The number of ketones is 1. The van der Waals surface area contributed by atoms with Crippen molar-refractivity contribution in [2.75, 3.05) is 18.8 Å². The lowest BCUT2D eigenvalue weighted by atomic mass is 9.94. The van der Waals surface area contributed by atoms with E-state index >= 15 is 0 Å². The number of carbonyl (C=O) groups excluding carboxylic acids is 1. The summed E-state index contributed by atoms with van der Waals surface area (Å²) in [6.07, 6.45) is 4.50. The summed E-state index contributed by atoms with van der Waals surface area (Å²) in [6.45, 7) is 4.02. The Bertz CT molecular complexity index is 488. The van der Waals surface area contributed by atoms with Crippen LogP contribution >= 0.6 is 11.8 Å². The van der Waals surface area contributed by atoms with Crippen molar-refractivity contribution in [1.82, 2.24) is 4.90 Å². The number of benzene rings is 1. The van der Waals surface area contributed by atoms with Crippen molar-refractivity contribution in [3.8, 4) is 0 Å². The summed E-state index contributed by atoms with van der Waals surface area (Å²) in [4.78, 5) is 15.5. The van der Waals surface area contributed by atoms with Crippen molar-refractivity contribution < 1.29 is 4.79 Å². The topological polar surface area (TPSA) is 20.3 Å². The van der Waals surface area contributed by atoms with Gasteiger partial charge in [-0.05, 0) is 37.9 Å². The average Bonchev–Trinajstić information content (AvgIpc) is 2.84. The van der Waals surface area contributed by atoms with Crippen molar-refractivity contribution in [2.24, 2.45) is 0 Å². The molecule has 2 atom stereocenters. The lowest BCUT2D eigenvalue weighted by Gasteiger charge is -2.37. The van der Waals surface area contributed by atoms with Crippen LogP contribution in [0.4, 0.5) is 0 Å². The molecule has 2 unspecified atom stereocenters. The van der Waals surface area contributed by atoms with Crippen LogP contribution < -0.4 is 0 Å². The molecule has 2 heterocycles. The number of rotatable bonds is 4. The number of nitrogens with zero attached hydrogens (tertiary/aromatic N) is 1. The van der Waals surface area contributed by atoms with E-state index in [9.17, 15) is 4.79 Å². The minimum Gasteiger partial charge on any atom is -0.300 e. The zero-order chi connectivity index (χ0) is 13.9. The van der Waals surface area contributed by atoms with Gasteiger partial charge in [0, 0.05) is 35.6 Å². The molecule has 0 amide bonds. The summed E-state index contributed by atoms with van der Waals surface area (Å²) in [5, 5.41) is 0. The summed E-state index contributed by atoms with van der Waals surface area (Å²) < 4.78 is 0. The Hall–Kier alpha value is -0.800. The van der Waals surface area contributed by atoms with Crippen molar-refractivity contribution in [3.05, 3.63) is 29.8 Å². The fourth-order valence-corrected chi connectivity index (χ4v) is 4.77. The van der Waals surface area contributed by atoms with Crippen LogP contribution in [-0.2, 0) is 4.79 Å². The van der Waals surface area contributed by atoms with Gasteiger partial charge in [-0.15, -0.1) is 11.8 Å². The first kappa shape index (κ1) is 14.2. The third kappa shape index (κ3) is 3.09. The van der Waals surface area contributed by atoms with E-state index in [0.717, 1.165) is 13.0 Å². The van der Waals surface area contributed by atoms with Crippen LogP contribution in [0.1, 0.15) is 44.1 Å². The van der Waals surface area contributed by atoms with E-state index in [4.69, 9.17) is 0 Å². The molecular formula is C17H23NOS. The van der Waals surface area contributed by atoms with Gasteiger partial charge in [0.15, 0.2) is 0 Å². The van der Waals surface area contributed by atoms with Crippen molar-refractivity contribution >= 4 is 17.5 Å². The van der Waals surface area contributed by atoms with E-state index in [0.29, 0.717) is 17.7 Å². The number of thioether (sulfide) groups is 1. The summed E-state index contributed by atoms with van der Waals surface area (Å²) >= 11 is 1.99. The van der Waals surface area contributed by atoms with Gasteiger partial charge in [0.1, 0.15) is 5.78 Å². The fourth-order valence-electron chi connectivity index (χ4n) is 3.53. The van der Waals surface area contributed by atoms with Gasteiger partial charge in [-0.1, -0.05) is 24.6 Å². The Morgan fingerprint density at radius 3 is 3.05 bits per heavy atom. The molecule has 1 aromatic carbocycles. The average molecular weight is 289 g/mol. The molecule has 3 heteroatoms. The van der Waals surface area contributed by atoms with Gasteiger partial charge < -0.3 is 0 Å². The number of carbonyl (C=O) groups is 1. The molecule has 2 aliphatic heterocycles. The Balaban J connectivity index is 1.68. The molecule has 0 aromatic heterocycles. The van der Waals surface area contributed by atoms with E-state index in [1.807, 2.05) is 11.8 Å². The van der Waals surface area contributed by atoms with Crippen LogP contribution in [0.3, 0.4) is 0 Å².